The first-order valence-electron chi connectivity index (χ1n) is 30.4. The predicted molar refractivity (Wildman–Crippen MR) is 320 cm³/mol. The third-order valence-electron chi connectivity index (χ3n) is 16.9. The fourth-order valence-corrected chi connectivity index (χ4v) is 11.9. The van der Waals surface area contributed by atoms with Crippen molar-refractivity contribution in [1.82, 2.24) is 9.80 Å². The van der Waals surface area contributed by atoms with Crippen molar-refractivity contribution in [2.45, 2.75) is 114 Å². The monoisotopic (exact) mass is 1260 g/mol. The molecule has 27 heteroatoms. The van der Waals surface area contributed by atoms with E-state index in [0.29, 0.717) is 114 Å². The maximum Gasteiger partial charge on any atom is 0.416 e. The first-order chi connectivity index (χ1) is 43.6. The molecule has 5 heterocycles. The number of nitrogens with two attached hydrogens (primary N) is 1. The Morgan fingerprint density at radius 2 is 1.36 bits per heavy atom. The van der Waals surface area contributed by atoms with Crippen LogP contribution in [0.5, 0.6) is 28.7 Å². The highest BCUT2D eigenvalue weighted by Gasteiger charge is 2.58. The van der Waals surface area contributed by atoms with Crippen molar-refractivity contribution in [2.75, 3.05) is 115 Å². The Kier molecular flexibility index (Phi) is 21.8. The van der Waals surface area contributed by atoms with E-state index in [1.54, 1.807) is 11.0 Å². The van der Waals surface area contributed by atoms with Crippen molar-refractivity contribution in [2.24, 2.45) is 11.1 Å². The van der Waals surface area contributed by atoms with E-state index in [-0.39, 0.29) is 90.0 Å². The van der Waals surface area contributed by atoms with Gasteiger partial charge in [0.1, 0.15) is 30.7 Å². The summed E-state index contributed by atoms with van der Waals surface area (Å²) < 4.78 is 62.9. The number of benzene rings is 4. The minimum absolute atomic E-state index is 0.00545. The largest absolute Gasteiger partial charge is 0.493 e. The number of aliphatic carboxylic acids is 1. The maximum absolute atomic E-state index is 14.6. The Morgan fingerprint density at radius 3 is 2.02 bits per heavy atom. The van der Waals surface area contributed by atoms with Crippen LogP contribution in [0.1, 0.15) is 82.4 Å². The number of carboxylic acids is 1. The van der Waals surface area contributed by atoms with Gasteiger partial charge in [-0.15, -0.1) is 0 Å². The van der Waals surface area contributed by atoms with Gasteiger partial charge in [-0.2, -0.15) is 0 Å². The molecule has 6 aliphatic rings. The zero-order valence-electron chi connectivity index (χ0n) is 50.4. The van der Waals surface area contributed by atoms with Crippen LogP contribution in [0.25, 0.3) is 0 Å². The van der Waals surface area contributed by atoms with Crippen LogP contribution in [0.2, 0.25) is 0 Å². The van der Waals surface area contributed by atoms with Crippen molar-refractivity contribution in [3.05, 3.63) is 94.5 Å². The van der Waals surface area contributed by atoms with Crippen molar-refractivity contribution in [1.29, 1.82) is 0 Å². The summed E-state index contributed by atoms with van der Waals surface area (Å²) in [5, 5.41) is 59.7. The molecule has 0 aromatic heterocycles. The topological polar surface area (TPSA) is 348 Å². The molecular formula is C63H80N6O21. The Labute approximate surface area is 520 Å². The average molecular weight is 1260 g/mol. The normalized spacial score (nSPS) is 22.8. The minimum atomic E-state index is -2.00. The van der Waals surface area contributed by atoms with Crippen LogP contribution in [-0.4, -0.2) is 214 Å². The fraction of sp³-hybridized carbons (Fsp3) is 0.540. The smallest absolute Gasteiger partial charge is 0.416 e. The SMILES string of the molecule is COc1cc2c(cc1OCCCCCOc1cc3c(cc1OC)C(=O)N1CC4(CC4)C[C@H]1[C@H](O)N3C(=O)OCc1ccc(O[C@@H]3O[C@H](C(=O)O)[C@@H](O)[C@H](O)[C@H]3O)c(NC(=O)CCOCCOCCOCCOCCN)c1)NC[C@@H]1Cc3ccccc3CN1C2=O. The van der Waals surface area contributed by atoms with E-state index < -0.39 is 73.5 Å². The number of hydrogen-bond donors (Lipinski definition) is 8. The van der Waals surface area contributed by atoms with Gasteiger partial charge in [0.15, 0.2) is 35.3 Å². The molecular weight excluding hydrogens is 1180 g/mol. The lowest BCUT2D eigenvalue weighted by Gasteiger charge is -2.38. The number of unbranched alkanes of at least 4 members (excludes halogenated alkanes) is 2. The van der Waals surface area contributed by atoms with Gasteiger partial charge in [0.05, 0.1) is 127 Å². The van der Waals surface area contributed by atoms with Crippen molar-refractivity contribution < 1.29 is 102 Å². The number of anilines is 3. The van der Waals surface area contributed by atoms with E-state index in [0.717, 1.165) is 29.7 Å². The Bertz CT molecular complexity index is 3190. The number of carbonyl (C=O) groups excluding carboxylic acids is 4. The van der Waals surface area contributed by atoms with E-state index in [1.807, 2.05) is 23.1 Å². The molecule has 4 aromatic carbocycles. The second-order valence-corrected chi connectivity index (χ2v) is 23.0. The fourth-order valence-electron chi connectivity index (χ4n) is 11.9. The Morgan fingerprint density at radius 1 is 0.711 bits per heavy atom. The molecule has 27 nitrogen and oxygen atoms in total. The van der Waals surface area contributed by atoms with E-state index >= 15 is 0 Å². The average Bonchev–Trinajstić information content (AvgIpc) is 1.57. The number of carbonyl (C=O) groups is 5. The van der Waals surface area contributed by atoms with Gasteiger partial charge in [-0.1, -0.05) is 30.3 Å². The highest BCUT2D eigenvalue weighted by Crippen LogP contribution is 2.57. The number of aliphatic hydroxyl groups excluding tert-OH is 4. The zero-order valence-corrected chi connectivity index (χ0v) is 50.4. The van der Waals surface area contributed by atoms with E-state index in [2.05, 4.69) is 22.8 Å². The van der Waals surface area contributed by atoms with Crippen molar-refractivity contribution in [3.8, 4) is 28.7 Å². The number of aliphatic hydroxyl groups is 4. The molecule has 4 amide bonds. The molecule has 488 valence electrons. The highest BCUT2D eigenvalue weighted by molar-refractivity contribution is 6.06. The Balaban J connectivity index is 0.783. The molecule has 4 aromatic rings. The van der Waals surface area contributed by atoms with E-state index in [1.165, 1.54) is 50.1 Å². The molecule has 8 atom stereocenters. The van der Waals surface area contributed by atoms with Gasteiger partial charge in [0.25, 0.3) is 11.8 Å². The molecule has 1 saturated carbocycles. The lowest BCUT2D eigenvalue weighted by molar-refractivity contribution is -0.271. The maximum atomic E-state index is 14.6. The molecule has 90 heavy (non-hydrogen) atoms. The van der Waals surface area contributed by atoms with Gasteiger partial charge in [0, 0.05) is 38.3 Å². The summed E-state index contributed by atoms with van der Waals surface area (Å²) in [7, 11) is 2.97. The van der Waals surface area contributed by atoms with Crippen LogP contribution >= 0.6 is 0 Å². The molecule has 0 bridgehead atoms. The van der Waals surface area contributed by atoms with Crippen molar-refractivity contribution >= 4 is 46.8 Å². The predicted octanol–water partition coefficient (Wildman–Crippen LogP) is 3.42. The summed E-state index contributed by atoms with van der Waals surface area (Å²) in [6, 6.07) is 18.1. The van der Waals surface area contributed by atoms with Gasteiger partial charge in [-0.05, 0) is 91.3 Å². The third kappa shape index (κ3) is 15.2. The van der Waals surface area contributed by atoms with Gasteiger partial charge >= 0.3 is 12.1 Å². The van der Waals surface area contributed by atoms with Crippen LogP contribution < -0.4 is 45.0 Å². The Hall–Kier alpha value is -7.57. The molecule has 2 saturated heterocycles. The summed E-state index contributed by atoms with van der Waals surface area (Å²) >= 11 is 0. The second-order valence-electron chi connectivity index (χ2n) is 23.0. The van der Waals surface area contributed by atoms with Gasteiger partial charge in [-0.3, -0.25) is 14.4 Å². The summed E-state index contributed by atoms with van der Waals surface area (Å²) in [6.07, 6.45) is -7.72. The number of rotatable bonds is 30. The van der Waals surface area contributed by atoms with E-state index in [9.17, 15) is 49.5 Å². The molecule has 1 spiro atoms. The zero-order chi connectivity index (χ0) is 63.5. The lowest BCUT2D eigenvalue weighted by atomic mass is 9.94. The minimum Gasteiger partial charge on any atom is -0.493 e. The van der Waals surface area contributed by atoms with Gasteiger partial charge < -0.3 is 104 Å². The molecule has 0 unspecified atom stereocenters. The van der Waals surface area contributed by atoms with Crippen LogP contribution in [-0.2, 0) is 57.6 Å². The first-order valence-corrected chi connectivity index (χ1v) is 30.4. The standard InChI is InChI=1S/C63H80N6O21/c1-80-48-28-41-43(65-33-40-27-38-8-4-5-9-39(38)34-67(40)57(41)74)30-50(48)86-16-6-3-7-17-87-51-31-45-42(29-49(51)81-2)58(75)68-36-63(13-14-63)32-46(68)59(76)69(45)62(79)88-35-37-10-11-47(89-61-55(73)53(71)54(72)56(90-61)60(77)78)44(26-37)66-52(70)12-18-82-20-22-84-24-25-85-23-21-83-19-15-64/h4-5,8-11,26,28-31,40,46,53-56,59,61,65,71-73,76H,3,6-7,12-25,27,32-36,64H2,1-2H3,(H,66,70)(H,77,78)/t40-,46-,53-,54-,55+,56-,59-,61+/m0/s1. The molecule has 5 aliphatic heterocycles. The van der Waals surface area contributed by atoms with Crippen LogP contribution in [0, 0.1) is 5.41 Å². The van der Waals surface area contributed by atoms with E-state index in [4.69, 9.17) is 57.8 Å². The number of nitrogens with one attached hydrogen (secondary N) is 2. The number of nitrogens with zero attached hydrogens (tertiary/aromatic N) is 3. The lowest BCUT2D eigenvalue weighted by Crippen LogP contribution is -2.61. The summed E-state index contributed by atoms with van der Waals surface area (Å²) in [5.41, 5.74) is 9.11. The summed E-state index contributed by atoms with van der Waals surface area (Å²) in [5.74, 6) is -1.49. The number of hydrogen-bond acceptors (Lipinski definition) is 22. The molecule has 1 aliphatic carbocycles. The molecule has 10 rings (SSSR count). The number of carboxylic acid groups (broad SMARTS) is 1. The third-order valence-corrected chi connectivity index (χ3v) is 16.9. The van der Waals surface area contributed by atoms with Gasteiger partial charge in [0.2, 0.25) is 12.2 Å². The number of methoxy groups -OCH3 is 2. The summed E-state index contributed by atoms with van der Waals surface area (Å²) in [6.45, 7) is 4.26. The van der Waals surface area contributed by atoms with Crippen LogP contribution in [0.4, 0.5) is 21.9 Å². The molecule has 0 radical (unpaired) electrons. The quantitative estimate of drug-likeness (QED) is 0.0347. The second kappa shape index (κ2) is 30.0. The number of fused-ring (bicyclic) bond motifs is 5. The first kappa shape index (κ1) is 65.4. The molecule has 9 N–H and O–H groups in total. The van der Waals surface area contributed by atoms with Gasteiger partial charge in [-0.25, -0.2) is 14.5 Å². The number of ether oxygens (including phenoxy) is 11. The highest BCUT2D eigenvalue weighted by atomic mass is 16.7. The number of amides is 4. The van der Waals surface area contributed by atoms with Crippen LogP contribution in [0.15, 0.2) is 66.7 Å². The molecule has 3 fully saturated rings. The van der Waals surface area contributed by atoms with Crippen LogP contribution in [0.3, 0.4) is 0 Å². The van der Waals surface area contributed by atoms with Crippen molar-refractivity contribution in [3.63, 3.8) is 0 Å². The summed E-state index contributed by atoms with van der Waals surface area (Å²) in [4.78, 5) is 73.0.